The van der Waals surface area contributed by atoms with Gasteiger partial charge in [0, 0.05) is 24.6 Å². The first-order chi connectivity index (χ1) is 12.1. The number of halogens is 1. The molecule has 1 aromatic heterocycles. The van der Waals surface area contributed by atoms with E-state index in [2.05, 4.69) is 15.6 Å². The van der Waals surface area contributed by atoms with Crippen molar-refractivity contribution in [3.63, 3.8) is 0 Å². The van der Waals surface area contributed by atoms with E-state index in [0.29, 0.717) is 24.2 Å². The molecule has 1 aromatic carbocycles. The van der Waals surface area contributed by atoms with Crippen molar-refractivity contribution in [2.75, 3.05) is 17.3 Å². The lowest BCUT2D eigenvalue weighted by atomic mass is 10.1. The van der Waals surface area contributed by atoms with E-state index in [1.807, 2.05) is 18.4 Å². The molecule has 0 aliphatic carbocycles. The number of carbonyl (C=O) groups excluding carboxylic acids is 2. The van der Waals surface area contributed by atoms with Crippen molar-refractivity contribution in [2.24, 2.45) is 5.73 Å². The maximum absolute atomic E-state index is 12.1. The third-order valence-electron chi connectivity index (χ3n) is 3.57. The predicted molar refractivity (Wildman–Crippen MR) is 109 cm³/mol. The molecule has 0 saturated carbocycles. The summed E-state index contributed by atoms with van der Waals surface area (Å²) < 4.78 is 0. The lowest BCUT2D eigenvalue weighted by Crippen LogP contribution is -2.40. The fourth-order valence-electron chi connectivity index (χ4n) is 2.10. The minimum atomic E-state index is -0.481. The van der Waals surface area contributed by atoms with Gasteiger partial charge in [0.05, 0.1) is 11.6 Å². The van der Waals surface area contributed by atoms with Gasteiger partial charge in [-0.15, -0.1) is 12.4 Å². The molecule has 0 bridgehead atoms. The Kier molecular flexibility index (Phi) is 9.72. The minimum Gasteiger partial charge on any atom is -0.351 e. The molecule has 0 aliphatic rings. The third kappa shape index (κ3) is 7.03. The van der Waals surface area contributed by atoms with Crippen LogP contribution in [-0.2, 0) is 11.3 Å². The highest BCUT2D eigenvalue weighted by atomic mass is 35.5. The standard InChI is InChI=1S/C18H22N4O2S.ClH/c1-25-10-8-16(19)18(24)21-11-13-4-6-15(7-5-13)22-17(23)14-3-2-9-20-12-14;/h2-7,9,12,16H,8,10-11,19H2,1H3,(H,21,24)(H,22,23);1H/t16-;/m0./s1. The number of hydrogen-bond donors (Lipinski definition) is 3. The number of nitrogens with zero attached hydrogens (tertiary/aromatic N) is 1. The van der Waals surface area contributed by atoms with Crippen molar-refractivity contribution in [2.45, 2.75) is 19.0 Å². The number of pyridine rings is 1. The Morgan fingerprint density at radius 2 is 1.96 bits per heavy atom. The molecule has 2 aromatic rings. The van der Waals surface area contributed by atoms with Gasteiger partial charge in [0.2, 0.25) is 5.91 Å². The summed E-state index contributed by atoms with van der Waals surface area (Å²) in [5, 5.41) is 5.63. The van der Waals surface area contributed by atoms with Crippen LogP contribution in [0.1, 0.15) is 22.3 Å². The zero-order valence-corrected chi connectivity index (χ0v) is 16.1. The molecule has 8 heteroatoms. The zero-order chi connectivity index (χ0) is 18.1. The Morgan fingerprint density at radius 1 is 1.23 bits per heavy atom. The van der Waals surface area contributed by atoms with E-state index in [4.69, 9.17) is 5.73 Å². The molecular formula is C18H23ClN4O2S. The first-order valence-corrected chi connectivity index (χ1v) is 9.32. The first kappa shape index (κ1) is 22.0. The number of aromatic nitrogens is 1. The van der Waals surface area contributed by atoms with Crippen LogP contribution in [0, 0.1) is 0 Å². The molecular weight excluding hydrogens is 372 g/mol. The molecule has 0 saturated heterocycles. The summed E-state index contributed by atoms with van der Waals surface area (Å²) in [6, 6.07) is 10.2. The van der Waals surface area contributed by atoms with Crippen LogP contribution in [0.15, 0.2) is 48.8 Å². The van der Waals surface area contributed by atoms with E-state index in [9.17, 15) is 9.59 Å². The van der Waals surface area contributed by atoms with Gasteiger partial charge in [0.15, 0.2) is 0 Å². The topological polar surface area (TPSA) is 97.1 Å². The molecule has 1 atom stereocenters. The van der Waals surface area contributed by atoms with Gasteiger partial charge in [-0.3, -0.25) is 14.6 Å². The van der Waals surface area contributed by atoms with Crippen LogP contribution in [0.3, 0.4) is 0 Å². The predicted octanol–water partition coefficient (Wildman–Crippen LogP) is 2.45. The summed E-state index contributed by atoms with van der Waals surface area (Å²) in [7, 11) is 0. The summed E-state index contributed by atoms with van der Waals surface area (Å²) in [5.41, 5.74) is 7.94. The van der Waals surface area contributed by atoms with Gasteiger partial charge in [0.25, 0.3) is 5.91 Å². The highest BCUT2D eigenvalue weighted by Crippen LogP contribution is 2.11. The normalized spacial score (nSPS) is 11.2. The molecule has 0 aliphatic heterocycles. The lowest BCUT2D eigenvalue weighted by molar-refractivity contribution is -0.122. The highest BCUT2D eigenvalue weighted by Gasteiger charge is 2.12. The summed E-state index contributed by atoms with van der Waals surface area (Å²) in [6.07, 6.45) is 5.78. The van der Waals surface area contributed by atoms with Crippen molar-refractivity contribution in [3.05, 3.63) is 59.9 Å². The monoisotopic (exact) mass is 394 g/mol. The second-order valence-corrected chi connectivity index (χ2v) is 6.48. The number of benzene rings is 1. The first-order valence-electron chi connectivity index (χ1n) is 7.92. The van der Waals surface area contributed by atoms with E-state index in [-0.39, 0.29) is 24.2 Å². The number of nitrogens with one attached hydrogen (secondary N) is 2. The van der Waals surface area contributed by atoms with E-state index in [1.54, 1.807) is 42.2 Å². The fourth-order valence-corrected chi connectivity index (χ4v) is 2.59. The van der Waals surface area contributed by atoms with Gasteiger partial charge in [-0.2, -0.15) is 11.8 Å². The summed E-state index contributed by atoms with van der Waals surface area (Å²) in [4.78, 5) is 27.9. The molecule has 0 unspecified atom stereocenters. The average Bonchev–Trinajstić information content (AvgIpc) is 2.65. The Bertz CT molecular complexity index is 698. The number of rotatable bonds is 8. The van der Waals surface area contributed by atoms with E-state index >= 15 is 0 Å². The van der Waals surface area contributed by atoms with E-state index < -0.39 is 6.04 Å². The van der Waals surface area contributed by atoms with Crippen molar-refractivity contribution in [1.29, 1.82) is 0 Å². The smallest absolute Gasteiger partial charge is 0.257 e. The molecule has 4 N–H and O–H groups in total. The zero-order valence-electron chi connectivity index (χ0n) is 14.5. The number of thioether (sulfide) groups is 1. The molecule has 140 valence electrons. The number of hydrogen-bond acceptors (Lipinski definition) is 5. The summed E-state index contributed by atoms with van der Waals surface area (Å²) in [6.45, 7) is 0.405. The van der Waals surface area contributed by atoms with Gasteiger partial charge in [-0.25, -0.2) is 0 Å². The van der Waals surface area contributed by atoms with Crippen molar-refractivity contribution in [3.8, 4) is 0 Å². The molecule has 0 spiro atoms. The Labute approximate surface area is 163 Å². The third-order valence-corrected chi connectivity index (χ3v) is 4.22. The van der Waals surface area contributed by atoms with Crippen LogP contribution in [0.2, 0.25) is 0 Å². The Morgan fingerprint density at radius 3 is 2.58 bits per heavy atom. The van der Waals surface area contributed by atoms with Crippen LogP contribution in [0.4, 0.5) is 5.69 Å². The van der Waals surface area contributed by atoms with Gasteiger partial charge in [-0.1, -0.05) is 12.1 Å². The van der Waals surface area contributed by atoms with Crippen LogP contribution in [0.25, 0.3) is 0 Å². The number of nitrogens with two attached hydrogens (primary N) is 1. The molecule has 2 rings (SSSR count). The number of anilines is 1. The molecule has 0 fully saturated rings. The molecule has 0 radical (unpaired) electrons. The van der Waals surface area contributed by atoms with Crippen molar-refractivity contribution < 1.29 is 9.59 Å². The van der Waals surface area contributed by atoms with Gasteiger partial charge in [0.1, 0.15) is 0 Å². The molecule has 2 amide bonds. The minimum absolute atomic E-state index is 0. The Balaban J connectivity index is 0.00000338. The molecule has 6 nitrogen and oxygen atoms in total. The SMILES string of the molecule is CSCC[C@H](N)C(=O)NCc1ccc(NC(=O)c2cccnc2)cc1.Cl. The van der Waals surface area contributed by atoms with Crippen molar-refractivity contribution in [1.82, 2.24) is 10.3 Å². The summed E-state index contributed by atoms with van der Waals surface area (Å²) >= 11 is 1.67. The largest absolute Gasteiger partial charge is 0.351 e. The number of carbonyl (C=O) groups is 2. The van der Waals surface area contributed by atoms with Gasteiger partial charge in [-0.05, 0) is 48.3 Å². The van der Waals surface area contributed by atoms with Crippen LogP contribution < -0.4 is 16.4 Å². The number of amides is 2. The van der Waals surface area contributed by atoms with Crippen molar-refractivity contribution >= 4 is 41.7 Å². The second-order valence-electron chi connectivity index (χ2n) is 5.50. The van der Waals surface area contributed by atoms with Crippen LogP contribution in [-0.4, -0.2) is 34.8 Å². The fraction of sp³-hybridized carbons (Fsp3) is 0.278. The van der Waals surface area contributed by atoms with Crippen LogP contribution in [0.5, 0.6) is 0 Å². The van der Waals surface area contributed by atoms with E-state index in [1.165, 1.54) is 6.20 Å². The maximum atomic E-state index is 12.1. The lowest BCUT2D eigenvalue weighted by Gasteiger charge is -2.12. The van der Waals surface area contributed by atoms with Gasteiger partial charge >= 0.3 is 0 Å². The van der Waals surface area contributed by atoms with Gasteiger partial charge < -0.3 is 16.4 Å². The highest BCUT2D eigenvalue weighted by molar-refractivity contribution is 7.98. The molecule has 26 heavy (non-hydrogen) atoms. The average molecular weight is 395 g/mol. The molecule has 1 heterocycles. The summed E-state index contributed by atoms with van der Waals surface area (Å²) in [5.74, 6) is 0.497. The van der Waals surface area contributed by atoms with E-state index in [0.717, 1.165) is 11.3 Å². The Hall–Kier alpha value is -2.09. The van der Waals surface area contributed by atoms with Crippen LogP contribution >= 0.6 is 24.2 Å². The quantitative estimate of drug-likeness (QED) is 0.639. The second kappa shape index (κ2) is 11.5. The maximum Gasteiger partial charge on any atom is 0.257 e.